The molecule has 0 aliphatic carbocycles. The summed E-state index contributed by atoms with van der Waals surface area (Å²) in [5.74, 6) is -0.264. The molecule has 17 heavy (non-hydrogen) atoms. The van der Waals surface area contributed by atoms with Crippen LogP contribution in [0.3, 0.4) is 0 Å². The molecule has 0 saturated carbocycles. The molecule has 0 spiro atoms. The minimum atomic E-state index is -0.264. The number of likely N-dealkylation sites (N-methyl/N-ethyl adjacent to an activating group) is 1. The average molecular weight is 240 g/mol. The number of rotatable bonds is 5. The van der Waals surface area contributed by atoms with Gasteiger partial charge in [0, 0.05) is 37.8 Å². The number of ether oxygens (including phenoxy) is 1. The molecule has 4 heteroatoms. The van der Waals surface area contributed by atoms with E-state index in [0.29, 0.717) is 24.8 Å². The zero-order chi connectivity index (χ0) is 12.8. The summed E-state index contributed by atoms with van der Waals surface area (Å²) in [6, 6.07) is 0.582. The molecule has 1 atom stereocenters. The van der Waals surface area contributed by atoms with Gasteiger partial charge in [-0.25, -0.2) is 4.79 Å². The van der Waals surface area contributed by atoms with Gasteiger partial charge in [0.2, 0.25) is 0 Å². The van der Waals surface area contributed by atoms with Crippen molar-refractivity contribution in [3.63, 3.8) is 0 Å². The van der Waals surface area contributed by atoms with Gasteiger partial charge >= 0.3 is 5.97 Å². The van der Waals surface area contributed by atoms with Crippen LogP contribution in [0.2, 0.25) is 0 Å². The minimum absolute atomic E-state index is 0.264. The standard InChI is InChI=1S/C13H24N2O2/c1-5-12-10-15(8-7-14(12)4)9-11(3)13(16)17-6-2/h12H,3,5-10H2,1-2,4H3. The Morgan fingerprint density at radius 1 is 1.41 bits per heavy atom. The Bertz CT molecular complexity index is 279. The zero-order valence-corrected chi connectivity index (χ0v) is 11.2. The molecule has 0 aromatic carbocycles. The predicted molar refractivity (Wildman–Crippen MR) is 68.9 cm³/mol. The van der Waals surface area contributed by atoms with Gasteiger partial charge in [0.05, 0.1) is 6.61 Å². The summed E-state index contributed by atoms with van der Waals surface area (Å²) in [6.45, 7) is 11.9. The zero-order valence-electron chi connectivity index (χ0n) is 11.2. The first-order valence-corrected chi connectivity index (χ1v) is 6.36. The van der Waals surface area contributed by atoms with Gasteiger partial charge < -0.3 is 9.64 Å². The van der Waals surface area contributed by atoms with Crippen molar-refractivity contribution in [3.8, 4) is 0 Å². The molecule has 0 radical (unpaired) electrons. The van der Waals surface area contributed by atoms with E-state index >= 15 is 0 Å². The molecule has 0 aromatic rings. The minimum Gasteiger partial charge on any atom is -0.463 e. The molecule has 0 bridgehead atoms. The number of hydrogen-bond donors (Lipinski definition) is 0. The Kier molecular flexibility index (Phi) is 5.65. The Balaban J connectivity index is 2.42. The van der Waals surface area contributed by atoms with Crippen molar-refractivity contribution in [2.75, 3.05) is 39.8 Å². The molecule has 1 fully saturated rings. The van der Waals surface area contributed by atoms with Gasteiger partial charge in [-0.3, -0.25) is 4.90 Å². The van der Waals surface area contributed by atoms with Crippen LogP contribution in [0.1, 0.15) is 20.3 Å². The Hall–Kier alpha value is -0.870. The molecule has 1 rings (SSSR count). The maximum atomic E-state index is 11.5. The predicted octanol–water partition coefficient (Wildman–Crippen LogP) is 1.13. The van der Waals surface area contributed by atoms with Crippen molar-refractivity contribution in [2.24, 2.45) is 0 Å². The van der Waals surface area contributed by atoms with Crippen LogP contribution in [0.5, 0.6) is 0 Å². The number of hydrogen-bond acceptors (Lipinski definition) is 4. The summed E-state index contributed by atoms with van der Waals surface area (Å²) in [5, 5.41) is 0. The molecule has 1 aliphatic heterocycles. The number of carbonyl (C=O) groups is 1. The molecule has 0 aromatic heterocycles. The van der Waals surface area contributed by atoms with Crippen LogP contribution in [0.4, 0.5) is 0 Å². The first-order valence-electron chi connectivity index (χ1n) is 6.36. The van der Waals surface area contributed by atoms with Gasteiger partial charge in [-0.2, -0.15) is 0 Å². The topological polar surface area (TPSA) is 32.8 Å². The Morgan fingerprint density at radius 3 is 2.71 bits per heavy atom. The smallest absolute Gasteiger partial charge is 0.334 e. The van der Waals surface area contributed by atoms with Gasteiger partial charge in [0.25, 0.3) is 0 Å². The molecule has 0 N–H and O–H groups in total. The third-order valence-electron chi connectivity index (χ3n) is 3.31. The fraction of sp³-hybridized carbons (Fsp3) is 0.769. The summed E-state index contributed by atoms with van der Waals surface area (Å²) in [4.78, 5) is 16.1. The second-order valence-electron chi connectivity index (χ2n) is 4.60. The van der Waals surface area contributed by atoms with E-state index in [2.05, 4.69) is 30.4 Å². The van der Waals surface area contributed by atoms with E-state index in [4.69, 9.17) is 4.74 Å². The fourth-order valence-electron chi connectivity index (χ4n) is 2.16. The lowest BCUT2D eigenvalue weighted by atomic mass is 10.1. The van der Waals surface area contributed by atoms with Crippen LogP contribution in [0.15, 0.2) is 12.2 Å². The number of nitrogens with zero attached hydrogens (tertiary/aromatic N) is 2. The van der Waals surface area contributed by atoms with Gasteiger partial charge in [-0.15, -0.1) is 0 Å². The number of piperazine rings is 1. The van der Waals surface area contributed by atoms with Gasteiger partial charge in [0.1, 0.15) is 0 Å². The second-order valence-corrected chi connectivity index (χ2v) is 4.60. The van der Waals surface area contributed by atoms with Gasteiger partial charge in [-0.1, -0.05) is 13.5 Å². The lowest BCUT2D eigenvalue weighted by Gasteiger charge is -2.39. The van der Waals surface area contributed by atoms with E-state index in [0.717, 1.165) is 26.1 Å². The van der Waals surface area contributed by atoms with Crippen molar-refractivity contribution in [1.29, 1.82) is 0 Å². The highest BCUT2D eigenvalue weighted by molar-refractivity contribution is 5.88. The third kappa shape index (κ3) is 4.13. The van der Waals surface area contributed by atoms with E-state index in [1.807, 2.05) is 6.92 Å². The maximum absolute atomic E-state index is 11.5. The summed E-state index contributed by atoms with van der Waals surface area (Å²) < 4.78 is 4.94. The van der Waals surface area contributed by atoms with Crippen molar-refractivity contribution in [1.82, 2.24) is 9.80 Å². The highest BCUT2D eigenvalue weighted by atomic mass is 16.5. The maximum Gasteiger partial charge on any atom is 0.334 e. The number of esters is 1. The first-order chi connectivity index (χ1) is 8.08. The molecule has 1 heterocycles. The Morgan fingerprint density at radius 2 is 2.12 bits per heavy atom. The molecule has 98 valence electrons. The van der Waals surface area contributed by atoms with Crippen molar-refractivity contribution in [3.05, 3.63) is 12.2 Å². The molecule has 1 unspecified atom stereocenters. The van der Waals surface area contributed by atoms with Crippen LogP contribution in [0, 0.1) is 0 Å². The SMILES string of the molecule is C=C(CN1CCN(C)C(CC)C1)C(=O)OCC. The molecule has 0 amide bonds. The summed E-state index contributed by atoms with van der Waals surface area (Å²) >= 11 is 0. The van der Waals surface area contributed by atoms with Crippen LogP contribution >= 0.6 is 0 Å². The third-order valence-corrected chi connectivity index (χ3v) is 3.31. The lowest BCUT2D eigenvalue weighted by molar-refractivity contribution is -0.138. The molecule has 1 aliphatic rings. The molecular formula is C13H24N2O2. The van der Waals surface area contributed by atoms with E-state index < -0.39 is 0 Å². The quantitative estimate of drug-likeness (QED) is 0.533. The van der Waals surface area contributed by atoms with E-state index in [1.54, 1.807) is 0 Å². The average Bonchev–Trinajstić information content (AvgIpc) is 2.31. The van der Waals surface area contributed by atoms with E-state index in [9.17, 15) is 4.79 Å². The fourth-order valence-corrected chi connectivity index (χ4v) is 2.16. The summed E-state index contributed by atoms with van der Waals surface area (Å²) in [5.41, 5.74) is 0.561. The van der Waals surface area contributed by atoms with Crippen molar-refractivity contribution >= 4 is 5.97 Å². The molecule has 1 saturated heterocycles. The van der Waals surface area contributed by atoms with Crippen LogP contribution < -0.4 is 0 Å². The van der Waals surface area contributed by atoms with E-state index in [-0.39, 0.29) is 5.97 Å². The monoisotopic (exact) mass is 240 g/mol. The molecule has 4 nitrogen and oxygen atoms in total. The van der Waals surface area contributed by atoms with Crippen LogP contribution in [-0.2, 0) is 9.53 Å². The van der Waals surface area contributed by atoms with Gasteiger partial charge in [-0.05, 0) is 20.4 Å². The largest absolute Gasteiger partial charge is 0.463 e. The lowest BCUT2D eigenvalue weighted by Crippen LogP contribution is -2.51. The number of carbonyl (C=O) groups excluding carboxylic acids is 1. The van der Waals surface area contributed by atoms with Crippen LogP contribution in [0.25, 0.3) is 0 Å². The highest BCUT2D eigenvalue weighted by Crippen LogP contribution is 2.12. The van der Waals surface area contributed by atoms with Gasteiger partial charge in [0.15, 0.2) is 0 Å². The molecular weight excluding hydrogens is 216 g/mol. The second kappa shape index (κ2) is 6.77. The van der Waals surface area contributed by atoms with Crippen molar-refractivity contribution in [2.45, 2.75) is 26.3 Å². The van der Waals surface area contributed by atoms with E-state index in [1.165, 1.54) is 0 Å². The van der Waals surface area contributed by atoms with Crippen LogP contribution in [-0.4, -0.2) is 61.6 Å². The Labute approximate surface area is 104 Å². The summed E-state index contributed by atoms with van der Waals surface area (Å²) in [7, 11) is 2.16. The normalized spacial score (nSPS) is 22.4. The van der Waals surface area contributed by atoms with Crippen molar-refractivity contribution < 1.29 is 9.53 Å². The highest BCUT2D eigenvalue weighted by Gasteiger charge is 2.24. The summed E-state index contributed by atoms with van der Waals surface area (Å²) in [6.07, 6.45) is 1.14. The first kappa shape index (κ1) is 14.2.